The van der Waals surface area contributed by atoms with Gasteiger partial charge in [-0.1, -0.05) is 35.3 Å². The van der Waals surface area contributed by atoms with Crippen LogP contribution in [-0.4, -0.2) is 30.4 Å². The minimum Gasteiger partial charge on any atom is -0.342 e. The fourth-order valence-corrected chi connectivity index (χ4v) is 2.81. The lowest BCUT2D eigenvalue weighted by Crippen LogP contribution is -2.30. The molecule has 19 heavy (non-hydrogen) atoms. The average Bonchev–Trinajstić information content (AvgIpc) is 2.89. The number of aryl methyl sites for hydroxylation is 1. The molecule has 1 fully saturated rings. The van der Waals surface area contributed by atoms with E-state index in [2.05, 4.69) is 0 Å². The lowest BCUT2D eigenvalue weighted by Gasteiger charge is -2.16. The molecular weight excluding hydrogens is 283 g/mol. The second-order valence-corrected chi connectivity index (χ2v) is 5.73. The number of carbonyl (C=O) groups excluding carboxylic acids is 1. The number of carbonyl (C=O) groups is 1. The van der Waals surface area contributed by atoms with Gasteiger partial charge in [0.1, 0.15) is 0 Å². The molecule has 1 heterocycles. The highest BCUT2D eigenvalue weighted by Gasteiger charge is 2.24. The second kappa shape index (κ2) is 6.60. The van der Waals surface area contributed by atoms with Crippen LogP contribution >= 0.6 is 23.2 Å². The van der Waals surface area contributed by atoms with Crippen LogP contribution in [0.2, 0.25) is 10.0 Å². The van der Waals surface area contributed by atoms with Crippen molar-refractivity contribution in [2.75, 3.05) is 19.6 Å². The van der Waals surface area contributed by atoms with Crippen LogP contribution in [0, 0.1) is 5.92 Å². The maximum atomic E-state index is 12.1. The molecule has 2 rings (SSSR count). The number of amides is 1. The Hall–Kier alpha value is -0.770. The van der Waals surface area contributed by atoms with Gasteiger partial charge in [-0.2, -0.15) is 0 Å². The Morgan fingerprint density at radius 3 is 2.89 bits per heavy atom. The number of rotatable bonds is 4. The summed E-state index contributed by atoms with van der Waals surface area (Å²) in [6.07, 6.45) is 2.11. The fourth-order valence-electron chi connectivity index (χ4n) is 2.39. The molecule has 1 atom stereocenters. The molecule has 1 aromatic carbocycles. The Labute approximate surface area is 123 Å². The summed E-state index contributed by atoms with van der Waals surface area (Å²) in [5, 5.41) is 1.09. The predicted octanol–water partition coefficient (Wildman–Crippen LogP) is 2.73. The third kappa shape index (κ3) is 3.62. The molecule has 0 bridgehead atoms. The van der Waals surface area contributed by atoms with Crippen LogP contribution in [-0.2, 0) is 11.2 Å². The molecule has 0 aromatic heterocycles. The SMILES string of the molecule is NC[C@H]1CCN(C(=O)CCc2cccc(Cl)c2Cl)C1. The van der Waals surface area contributed by atoms with Gasteiger partial charge in [-0.15, -0.1) is 0 Å². The van der Waals surface area contributed by atoms with E-state index >= 15 is 0 Å². The zero-order chi connectivity index (χ0) is 13.8. The molecule has 0 radical (unpaired) electrons. The molecule has 2 N–H and O–H groups in total. The zero-order valence-corrected chi connectivity index (χ0v) is 12.3. The van der Waals surface area contributed by atoms with E-state index in [4.69, 9.17) is 28.9 Å². The van der Waals surface area contributed by atoms with E-state index in [1.54, 1.807) is 6.07 Å². The van der Waals surface area contributed by atoms with Crippen LogP contribution in [0.4, 0.5) is 0 Å². The van der Waals surface area contributed by atoms with Crippen molar-refractivity contribution in [2.45, 2.75) is 19.3 Å². The quantitative estimate of drug-likeness (QED) is 0.929. The molecular formula is C14H18Cl2N2O. The van der Waals surface area contributed by atoms with Gasteiger partial charge < -0.3 is 10.6 Å². The maximum absolute atomic E-state index is 12.1. The number of halogens is 2. The first-order valence-corrected chi connectivity index (χ1v) is 7.28. The Kier molecular flexibility index (Phi) is 5.08. The van der Waals surface area contributed by atoms with Gasteiger partial charge in [0.15, 0.2) is 0 Å². The smallest absolute Gasteiger partial charge is 0.222 e. The van der Waals surface area contributed by atoms with Crippen molar-refractivity contribution >= 4 is 29.1 Å². The minimum atomic E-state index is 0.173. The van der Waals surface area contributed by atoms with Gasteiger partial charge in [0, 0.05) is 19.5 Å². The summed E-state index contributed by atoms with van der Waals surface area (Å²) >= 11 is 12.1. The van der Waals surface area contributed by atoms with Gasteiger partial charge in [0.25, 0.3) is 0 Å². The standard InChI is InChI=1S/C14H18Cl2N2O/c15-12-3-1-2-11(14(12)16)4-5-13(19)18-7-6-10(8-17)9-18/h1-3,10H,4-9,17H2/t10-/m1/s1. The van der Waals surface area contributed by atoms with E-state index in [0.29, 0.717) is 35.3 Å². The summed E-state index contributed by atoms with van der Waals surface area (Å²) in [5.74, 6) is 0.630. The molecule has 3 nitrogen and oxygen atoms in total. The van der Waals surface area contributed by atoms with Crippen molar-refractivity contribution in [3.63, 3.8) is 0 Å². The van der Waals surface area contributed by atoms with Crippen molar-refractivity contribution < 1.29 is 4.79 Å². The van der Waals surface area contributed by atoms with Crippen LogP contribution in [0.25, 0.3) is 0 Å². The highest BCUT2D eigenvalue weighted by molar-refractivity contribution is 6.42. The van der Waals surface area contributed by atoms with Gasteiger partial charge >= 0.3 is 0 Å². The molecule has 0 spiro atoms. The number of hydrogen-bond acceptors (Lipinski definition) is 2. The number of nitrogens with two attached hydrogens (primary N) is 1. The first-order chi connectivity index (χ1) is 9.11. The molecule has 1 saturated heterocycles. The Bertz CT molecular complexity index is 465. The van der Waals surface area contributed by atoms with Crippen LogP contribution in [0.5, 0.6) is 0 Å². The molecule has 1 aliphatic rings. The molecule has 0 saturated carbocycles. The molecule has 1 amide bonds. The second-order valence-electron chi connectivity index (χ2n) is 4.94. The molecule has 5 heteroatoms. The van der Waals surface area contributed by atoms with Gasteiger partial charge in [-0.3, -0.25) is 4.79 Å². The fraction of sp³-hybridized carbons (Fsp3) is 0.500. The van der Waals surface area contributed by atoms with E-state index in [-0.39, 0.29) is 5.91 Å². The van der Waals surface area contributed by atoms with E-state index in [0.717, 1.165) is 25.1 Å². The number of likely N-dealkylation sites (tertiary alicyclic amines) is 1. The maximum Gasteiger partial charge on any atom is 0.222 e. The molecule has 0 aliphatic carbocycles. The summed E-state index contributed by atoms with van der Waals surface area (Å²) in [6, 6.07) is 5.52. The van der Waals surface area contributed by atoms with Crippen molar-refractivity contribution in [1.29, 1.82) is 0 Å². The largest absolute Gasteiger partial charge is 0.342 e. The first-order valence-electron chi connectivity index (χ1n) is 6.52. The summed E-state index contributed by atoms with van der Waals surface area (Å²) in [6.45, 7) is 2.27. The Balaban J connectivity index is 1.89. The van der Waals surface area contributed by atoms with E-state index in [9.17, 15) is 4.79 Å². The Morgan fingerprint density at radius 1 is 1.42 bits per heavy atom. The number of hydrogen-bond donors (Lipinski definition) is 1. The molecule has 104 valence electrons. The topological polar surface area (TPSA) is 46.3 Å². The normalized spacial score (nSPS) is 18.9. The summed E-state index contributed by atoms with van der Waals surface area (Å²) in [5.41, 5.74) is 6.56. The van der Waals surface area contributed by atoms with Gasteiger partial charge in [0.05, 0.1) is 10.0 Å². The van der Waals surface area contributed by atoms with Crippen LogP contribution in [0.15, 0.2) is 18.2 Å². The summed E-state index contributed by atoms with van der Waals surface area (Å²) < 4.78 is 0. The molecule has 1 aliphatic heterocycles. The van der Waals surface area contributed by atoms with Crippen molar-refractivity contribution in [3.05, 3.63) is 33.8 Å². The van der Waals surface area contributed by atoms with E-state index in [1.165, 1.54) is 0 Å². The third-order valence-electron chi connectivity index (χ3n) is 3.61. The van der Waals surface area contributed by atoms with Gasteiger partial charge in [0.2, 0.25) is 5.91 Å². The summed E-state index contributed by atoms with van der Waals surface area (Å²) in [7, 11) is 0. The Morgan fingerprint density at radius 2 is 2.21 bits per heavy atom. The average molecular weight is 301 g/mol. The number of nitrogens with zero attached hydrogens (tertiary/aromatic N) is 1. The highest BCUT2D eigenvalue weighted by Crippen LogP contribution is 2.26. The van der Waals surface area contributed by atoms with Crippen molar-refractivity contribution in [1.82, 2.24) is 4.90 Å². The third-order valence-corrected chi connectivity index (χ3v) is 4.47. The van der Waals surface area contributed by atoms with E-state index < -0.39 is 0 Å². The van der Waals surface area contributed by atoms with Crippen LogP contribution in [0.3, 0.4) is 0 Å². The van der Waals surface area contributed by atoms with Crippen molar-refractivity contribution in [2.24, 2.45) is 11.7 Å². The first kappa shape index (κ1) is 14.6. The minimum absolute atomic E-state index is 0.173. The molecule has 1 aromatic rings. The van der Waals surface area contributed by atoms with E-state index in [1.807, 2.05) is 17.0 Å². The zero-order valence-electron chi connectivity index (χ0n) is 10.7. The predicted molar refractivity (Wildman–Crippen MR) is 78.5 cm³/mol. The number of benzene rings is 1. The van der Waals surface area contributed by atoms with Crippen LogP contribution < -0.4 is 5.73 Å². The van der Waals surface area contributed by atoms with Crippen molar-refractivity contribution in [3.8, 4) is 0 Å². The lowest BCUT2D eigenvalue weighted by molar-refractivity contribution is -0.130. The lowest BCUT2D eigenvalue weighted by atomic mass is 10.1. The summed E-state index contributed by atoms with van der Waals surface area (Å²) in [4.78, 5) is 14.0. The molecule has 0 unspecified atom stereocenters. The monoisotopic (exact) mass is 300 g/mol. The van der Waals surface area contributed by atoms with Gasteiger partial charge in [-0.05, 0) is 36.9 Å². The van der Waals surface area contributed by atoms with Crippen LogP contribution in [0.1, 0.15) is 18.4 Å². The highest BCUT2D eigenvalue weighted by atomic mass is 35.5. The van der Waals surface area contributed by atoms with Gasteiger partial charge in [-0.25, -0.2) is 0 Å².